The molecule has 0 amide bonds. The van der Waals surface area contributed by atoms with Crippen molar-refractivity contribution in [1.29, 1.82) is 0 Å². The summed E-state index contributed by atoms with van der Waals surface area (Å²) in [7, 11) is 0. The van der Waals surface area contributed by atoms with Crippen molar-refractivity contribution in [2.24, 2.45) is 0 Å². The van der Waals surface area contributed by atoms with E-state index in [1.807, 2.05) is 60.7 Å². The van der Waals surface area contributed by atoms with Crippen LogP contribution in [-0.4, -0.2) is 32.1 Å². The molecule has 4 aromatic carbocycles. The van der Waals surface area contributed by atoms with Gasteiger partial charge in [-0.3, -0.25) is 0 Å². The molecule has 0 fully saturated rings. The van der Waals surface area contributed by atoms with Gasteiger partial charge in [0, 0.05) is 16.8 Å². The summed E-state index contributed by atoms with van der Waals surface area (Å²) in [5, 5.41) is 1.37. The number of hydrogen-bond donors (Lipinski definition) is 0. The number of fused-ring (bicyclic) bond motifs is 2. The Morgan fingerprint density at radius 1 is 0.674 bits per heavy atom. The molecular formula is C37H28O9. The largest absolute Gasteiger partial charge is 0.491 e. The first-order chi connectivity index (χ1) is 22.5. The van der Waals surface area contributed by atoms with Gasteiger partial charge in [-0.15, -0.1) is 0 Å². The van der Waals surface area contributed by atoms with Crippen LogP contribution in [-0.2, 0) is 14.3 Å². The van der Waals surface area contributed by atoms with Crippen LogP contribution in [0.5, 0.6) is 11.5 Å². The van der Waals surface area contributed by atoms with E-state index in [1.54, 1.807) is 48.5 Å². The van der Waals surface area contributed by atoms with Gasteiger partial charge in [0.2, 0.25) is 0 Å². The number of hydrogen-bond acceptors (Lipinski definition) is 9. The molecule has 9 nitrogen and oxygen atoms in total. The Hall–Kier alpha value is -5.93. The van der Waals surface area contributed by atoms with Gasteiger partial charge < -0.3 is 27.8 Å². The average Bonchev–Trinajstić information content (AvgIpc) is 3.09. The second-order valence-corrected chi connectivity index (χ2v) is 10.2. The molecule has 0 radical (unpaired) electrons. The Labute approximate surface area is 262 Å². The van der Waals surface area contributed by atoms with Crippen molar-refractivity contribution >= 4 is 27.9 Å². The minimum Gasteiger partial charge on any atom is -0.491 e. The highest BCUT2D eigenvalue weighted by atomic mass is 16.7. The molecule has 0 saturated carbocycles. The summed E-state index contributed by atoms with van der Waals surface area (Å²) in [5.74, 6) is 0.383. The van der Waals surface area contributed by atoms with Crippen LogP contribution in [0, 0.1) is 0 Å². The average molecular weight is 617 g/mol. The maximum atomic E-state index is 12.6. The quantitative estimate of drug-likeness (QED) is 0.0636. The van der Waals surface area contributed by atoms with Crippen LogP contribution in [0.4, 0.5) is 0 Å². The molecule has 0 aliphatic rings. The second-order valence-electron chi connectivity index (χ2n) is 10.2. The van der Waals surface area contributed by atoms with Crippen molar-refractivity contribution in [2.75, 3.05) is 20.0 Å². The molecular weight excluding hydrogens is 588 g/mol. The third kappa shape index (κ3) is 7.06. The van der Waals surface area contributed by atoms with Crippen molar-refractivity contribution in [1.82, 2.24) is 0 Å². The van der Waals surface area contributed by atoms with E-state index >= 15 is 0 Å². The summed E-state index contributed by atoms with van der Waals surface area (Å²) < 4.78 is 33.9. The zero-order valence-electron chi connectivity index (χ0n) is 24.5. The number of ether oxygens (including phenoxy) is 4. The van der Waals surface area contributed by atoms with Crippen molar-refractivity contribution in [3.63, 3.8) is 0 Å². The van der Waals surface area contributed by atoms with Crippen molar-refractivity contribution in [3.05, 3.63) is 143 Å². The van der Waals surface area contributed by atoms with E-state index in [2.05, 4.69) is 6.58 Å². The standard InChI is InChI=1S/C37H28O9/c1-2-35(38)44-23-43-30(21-41-28-13-15-33-26(17-28)19-31(36(39)45-33)24-9-5-3-6-10-24)22-42-29-14-16-34-27(18-29)20-32(37(40)46-34)25-11-7-4-8-12-25/h2-20,30H,1,21-23H2. The Bertz CT molecular complexity index is 1970. The molecule has 0 atom stereocenters. The van der Waals surface area contributed by atoms with Gasteiger partial charge in [0.15, 0.2) is 6.79 Å². The van der Waals surface area contributed by atoms with Crippen molar-refractivity contribution in [3.8, 4) is 33.8 Å². The van der Waals surface area contributed by atoms with Crippen LogP contribution in [0.15, 0.2) is 140 Å². The fraction of sp³-hybridized carbons (Fsp3) is 0.108. The van der Waals surface area contributed by atoms with Gasteiger partial charge in [-0.25, -0.2) is 14.4 Å². The van der Waals surface area contributed by atoms with Crippen molar-refractivity contribution < 1.29 is 32.6 Å². The molecule has 0 unspecified atom stereocenters. The van der Waals surface area contributed by atoms with Crippen LogP contribution in [0.1, 0.15) is 0 Å². The summed E-state index contributed by atoms with van der Waals surface area (Å²) in [6.45, 7) is 3.13. The van der Waals surface area contributed by atoms with Crippen LogP contribution in [0.2, 0.25) is 0 Å². The molecule has 0 bridgehead atoms. The highest BCUT2D eigenvalue weighted by Crippen LogP contribution is 2.26. The molecule has 2 heterocycles. The lowest BCUT2D eigenvalue weighted by atomic mass is 10.1. The normalized spacial score (nSPS) is 11.1. The zero-order chi connectivity index (χ0) is 31.9. The summed E-state index contributed by atoms with van der Waals surface area (Å²) in [4.78, 5) is 36.7. The maximum absolute atomic E-state index is 12.6. The topological polar surface area (TPSA) is 114 Å². The summed E-state index contributed by atoms with van der Waals surface area (Å²) in [5.41, 5.74) is 2.36. The number of carbonyl (C=O) groups is 1. The predicted octanol–water partition coefficient (Wildman–Crippen LogP) is 6.76. The Kier molecular flexibility index (Phi) is 9.03. The predicted molar refractivity (Wildman–Crippen MR) is 173 cm³/mol. The van der Waals surface area contributed by atoms with E-state index in [9.17, 15) is 14.4 Å². The lowest BCUT2D eigenvalue weighted by Crippen LogP contribution is -2.30. The van der Waals surface area contributed by atoms with E-state index in [1.165, 1.54) is 0 Å². The minimum absolute atomic E-state index is 0.0417. The number of benzene rings is 4. The smallest absolute Gasteiger partial charge is 0.344 e. The van der Waals surface area contributed by atoms with E-state index in [-0.39, 0.29) is 20.0 Å². The second kappa shape index (κ2) is 13.8. The lowest BCUT2D eigenvalue weighted by Gasteiger charge is -2.19. The van der Waals surface area contributed by atoms with Gasteiger partial charge in [0.1, 0.15) is 42.0 Å². The Morgan fingerprint density at radius 2 is 1.15 bits per heavy atom. The Morgan fingerprint density at radius 3 is 1.61 bits per heavy atom. The maximum Gasteiger partial charge on any atom is 0.344 e. The molecule has 2 aromatic heterocycles. The lowest BCUT2D eigenvalue weighted by molar-refractivity contribution is -0.158. The summed E-state index contributed by atoms with van der Waals surface area (Å²) in [6.07, 6.45) is 0.380. The Balaban J connectivity index is 1.18. The van der Waals surface area contributed by atoms with Gasteiger partial charge >= 0.3 is 17.2 Å². The summed E-state index contributed by atoms with van der Waals surface area (Å²) in [6, 6.07) is 32.3. The van der Waals surface area contributed by atoms with Crippen LogP contribution in [0.25, 0.3) is 44.2 Å². The molecule has 0 spiro atoms. The fourth-order valence-electron chi connectivity index (χ4n) is 4.79. The minimum atomic E-state index is -0.661. The van der Waals surface area contributed by atoms with Crippen LogP contribution < -0.4 is 20.7 Å². The first-order valence-electron chi connectivity index (χ1n) is 14.4. The molecule has 0 aliphatic heterocycles. The van der Waals surface area contributed by atoms with Gasteiger partial charge in [-0.05, 0) is 59.7 Å². The van der Waals surface area contributed by atoms with Gasteiger partial charge in [-0.1, -0.05) is 67.2 Å². The molecule has 6 aromatic rings. The molecule has 0 saturated heterocycles. The third-order valence-electron chi connectivity index (χ3n) is 7.12. The molecule has 0 N–H and O–H groups in total. The van der Waals surface area contributed by atoms with E-state index in [0.29, 0.717) is 44.6 Å². The number of carbonyl (C=O) groups excluding carboxylic acids is 1. The molecule has 230 valence electrons. The van der Waals surface area contributed by atoms with E-state index < -0.39 is 23.3 Å². The SMILES string of the molecule is C=CC(=O)OCOC(COc1ccc2oc(=O)c(-c3ccccc3)cc2c1)COc1ccc2oc(=O)c(-c3ccccc3)cc2c1. The highest BCUT2D eigenvalue weighted by molar-refractivity contribution is 5.84. The van der Waals surface area contributed by atoms with Gasteiger partial charge in [0.05, 0.1) is 11.1 Å². The van der Waals surface area contributed by atoms with Crippen LogP contribution >= 0.6 is 0 Å². The first kappa shape index (κ1) is 30.1. The van der Waals surface area contributed by atoms with E-state index in [4.69, 9.17) is 27.8 Å². The monoisotopic (exact) mass is 616 g/mol. The van der Waals surface area contributed by atoms with Gasteiger partial charge in [-0.2, -0.15) is 0 Å². The van der Waals surface area contributed by atoms with Gasteiger partial charge in [0.25, 0.3) is 0 Å². The fourth-order valence-corrected chi connectivity index (χ4v) is 4.79. The number of rotatable bonds is 12. The zero-order valence-corrected chi connectivity index (χ0v) is 24.5. The highest BCUT2D eigenvalue weighted by Gasteiger charge is 2.15. The molecule has 9 heteroatoms. The number of esters is 1. The molecule has 0 aliphatic carbocycles. The summed E-state index contributed by atoms with van der Waals surface area (Å²) >= 11 is 0. The third-order valence-corrected chi connectivity index (χ3v) is 7.12. The first-order valence-corrected chi connectivity index (χ1v) is 14.4. The van der Waals surface area contributed by atoms with Crippen molar-refractivity contribution in [2.45, 2.75) is 6.10 Å². The van der Waals surface area contributed by atoms with E-state index in [0.717, 1.165) is 17.2 Å². The van der Waals surface area contributed by atoms with Crippen LogP contribution in [0.3, 0.4) is 0 Å². The molecule has 6 rings (SSSR count). The molecule has 46 heavy (non-hydrogen) atoms.